The van der Waals surface area contributed by atoms with Gasteiger partial charge in [0, 0.05) is 15.6 Å². The summed E-state index contributed by atoms with van der Waals surface area (Å²) in [6.07, 6.45) is 0. The highest BCUT2D eigenvalue weighted by Gasteiger charge is 2.48. The summed E-state index contributed by atoms with van der Waals surface area (Å²) in [5.41, 5.74) is -0.125. The number of ketones is 1. The van der Waals surface area contributed by atoms with Gasteiger partial charge in [-0.05, 0) is 37.3 Å². The van der Waals surface area contributed by atoms with Crippen molar-refractivity contribution in [3.8, 4) is 0 Å². The molecule has 1 aromatic carbocycles. The van der Waals surface area contributed by atoms with Gasteiger partial charge in [0.1, 0.15) is 17.6 Å². The molecule has 1 aliphatic rings. The van der Waals surface area contributed by atoms with Crippen molar-refractivity contribution in [1.82, 2.24) is 0 Å². The first kappa shape index (κ1) is 18.5. The van der Waals surface area contributed by atoms with Crippen LogP contribution in [0.15, 0.2) is 56.6 Å². The van der Waals surface area contributed by atoms with Crippen molar-refractivity contribution >= 4 is 33.3 Å². The van der Waals surface area contributed by atoms with Crippen molar-refractivity contribution in [2.24, 2.45) is 5.41 Å². The molecule has 0 saturated carbocycles. The Morgan fingerprint density at radius 1 is 1.23 bits per heavy atom. The summed E-state index contributed by atoms with van der Waals surface area (Å²) in [5.74, 6) is -0.332. The number of furan rings is 1. The Labute approximate surface area is 160 Å². The minimum atomic E-state index is -0.808. The van der Waals surface area contributed by atoms with Crippen LogP contribution in [0.25, 0.3) is 0 Å². The van der Waals surface area contributed by atoms with Crippen molar-refractivity contribution in [3.05, 3.63) is 63.7 Å². The van der Waals surface area contributed by atoms with E-state index in [0.29, 0.717) is 17.2 Å². The summed E-state index contributed by atoms with van der Waals surface area (Å²) in [5, 5.41) is 10.5. The maximum absolute atomic E-state index is 13.0. The van der Waals surface area contributed by atoms with Crippen LogP contribution in [0.3, 0.4) is 0 Å². The molecule has 1 amide bonds. The standard InChI is InChI=1S/C20H20BrNO4/c1-11-8-9-14(26-11)16-15(18(24)20(2,3)4)17(23)19(25)22(16)13-7-5-6-12(21)10-13/h5-10,16,23H,1-4H3. The summed E-state index contributed by atoms with van der Waals surface area (Å²) in [4.78, 5) is 27.3. The SMILES string of the molecule is Cc1ccc(C2C(C(=O)C(C)(C)C)=C(O)C(=O)N2c2cccc(Br)c2)o1. The van der Waals surface area contributed by atoms with Gasteiger partial charge in [-0.25, -0.2) is 0 Å². The number of hydrogen-bond donors (Lipinski definition) is 1. The summed E-state index contributed by atoms with van der Waals surface area (Å²) < 4.78 is 6.52. The molecular weight excluding hydrogens is 398 g/mol. The van der Waals surface area contributed by atoms with E-state index in [1.165, 1.54) is 4.90 Å². The van der Waals surface area contributed by atoms with Gasteiger partial charge in [-0.15, -0.1) is 0 Å². The lowest BCUT2D eigenvalue weighted by Gasteiger charge is -2.27. The van der Waals surface area contributed by atoms with Gasteiger partial charge in [0.25, 0.3) is 5.91 Å². The summed E-state index contributed by atoms with van der Waals surface area (Å²) in [6, 6.07) is 9.84. The molecule has 6 heteroatoms. The Morgan fingerprint density at radius 3 is 2.46 bits per heavy atom. The number of benzene rings is 1. The van der Waals surface area contributed by atoms with Crippen molar-refractivity contribution in [3.63, 3.8) is 0 Å². The molecule has 1 atom stereocenters. The molecule has 0 aliphatic carbocycles. The van der Waals surface area contributed by atoms with Crippen LogP contribution in [0.1, 0.15) is 38.3 Å². The number of Topliss-reactive ketones (excluding diaryl/α,β-unsaturated/α-hetero) is 1. The number of nitrogens with zero attached hydrogens (tertiary/aromatic N) is 1. The van der Waals surface area contributed by atoms with E-state index in [4.69, 9.17) is 4.42 Å². The minimum Gasteiger partial charge on any atom is -0.503 e. The zero-order valence-electron chi connectivity index (χ0n) is 15.0. The van der Waals surface area contributed by atoms with Crippen LogP contribution >= 0.6 is 15.9 Å². The maximum Gasteiger partial charge on any atom is 0.294 e. The van der Waals surface area contributed by atoms with E-state index < -0.39 is 23.1 Å². The van der Waals surface area contributed by atoms with Crippen molar-refractivity contribution in [1.29, 1.82) is 0 Å². The van der Waals surface area contributed by atoms with Gasteiger partial charge in [0.15, 0.2) is 11.5 Å². The third-order valence-electron chi connectivity index (χ3n) is 4.25. The van der Waals surface area contributed by atoms with Crippen molar-refractivity contribution in [2.45, 2.75) is 33.7 Å². The Morgan fingerprint density at radius 2 is 1.92 bits per heavy atom. The van der Waals surface area contributed by atoms with Gasteiger partial charge in [0.05, 0.1) is 5.57 Å². The molecular formula is C20H20BrNO4. The van der Waals surface area contributed by atoms with Crippen LogP contribution in [-0.2, 0) is 9.59 Å². The highest BCUT2D eigenvalue weighted by atomic mass is 79.9. The molecule has 0 spiro atoms. The molecule has 1 unspecified atom stereocenters. The highest BCUT2D eigenvalue weighted by Crippen LogP contribution is 2.44. The van der Waals surface area contributed by atoms with Crippen LogP contribution in [0.2, 0.25) is 0 Å². The average Bonchev–Trinajstić information content (AvgIpc) is 3.08. The number of carbonyl (C=O) groups excluding carboxylic acids is 2. The van der Waals surface area contributed by atoms with Crippen molar-refractivity contribution < 1.29 is 19.1 Å². The van der Waals surface area contributed by atoms with Crippen molar-refractivity contribution in [2.75, 3.05) is 4.90 Å². The lowest BCUT2D eigenvalue weighted by Crippen LogP contribution is -2.32. The summed E-state index contributed by atoms with van der Waals surface area (Å²) >= 11 is 3.40. The van der Waals surface area contributed by atoms with Crippen LogP contribution in [0.5, 0.6) is 0 Å². The molecule has 0 bridgehead atoms. The van der Waals surface area contributed by atoms with Gasteiger partial charge in [-0.2, -0.15) is 0 Å². The Bertz CT molecular complexity index is 920. The zero-order chi connectivity index (χ0) is 19.2. The molecule has 0 saturated heterocycles. The lowest BCUT2D eigenvalue weighted by atomic mass is 9.83. The molecule has 26 heavy (non-hydrogen) atoms. The quantitative estimate of drug-likeness (QED) is 0.773. The van der Waals surface area contributed by atoms with E-state index in [-0.39, 0.29) is 11.4 Å². The van der Waals surface area contributed by atoms with Gasteiger partial charge in [0.2, 0.25) is 0 Å². The van der Waals surface area contributed by atoms with E-state index >= 15 is 0 Å². The number of aryl methyl sites for hydroxylation is 1. The van der Waals surface area contributed by atoms with E-state index in [2.05, 4.69) is 15.9 Å². The van der Waals surface area contributed by atoms with E-state index in [0.717, 1.165) is 4.47 Å². The molecule has 1 N–H and O–H groups in total. The third-order valence-corrected chi connectivity index (χ3v) is 4.74. The molecule has 2 heterocycles. The summed E-state index contributed by atoms with van der Waals surface area (Å²) in [7, 11) is 0. The van der Waals surface area contributed by atoms with Crippen LogP contribution in [0.4, 0.5) is 5.69 Å². The predicted molar refractivity (Wildman–Crippen MR) is 102 cm³/mol. The largest absolute Gasteiger partial charge is 0.503 e. The molecule has 0 radical (unpaired) electrons. The lowest BCUT2D eigenvalue weighted by molar-refractivity contribution is -0.123. The monoisotopic (exact) mass is 417 g/mol. The van der Waals surface area contributed by atoms with Gasteiger partial charge in [-0.1, -0.05) is 42.8 Å². The second kappa shape index (κ2) is 6.43. The number of rotatable bonds is 3. The number of aliphatic hydroxyl groups excluding tert-OH is 1. The number of anilines is 1. The maximum atomic E-state index is 13.0. The van der Waals surface area contributed by atoms with Gasteiger partial charge in [-0.3, -0.25) is 14.5 Å². The Balaban J connectivity index is 2.20. The fourth-order valence-corrected chi connectivity index (χ4v) is 3.39. The Hall–Kier alpha value is -2.34. The van der Waals surface area contributed by atoms with Crippen LogP contribution in [-0.4, -0.2) is 16.8 Å². The molecule has 3 rings (SSSR count). The number of halogens is 1. The summed E-state index contributed by atoms with van der Waals surface area (Å²) in [6.45, 7) is 7.06. The van der Waals surface area contributed by atoms with E-state index in [1.54, 1.807) is 58.0 Å². The predicted octanol–water partition coefficient (Wildman–Crippen LogP) is 4.87. The molecule has 1 aliphatic heterocycles. The fraction of sp³-hybridized carbons (Fsp3) is 0.300. The average molecular weight is 418 g/mol. The first-order valence-corrected chi connectivity index (χ1v) is 9.04. The van der Waals surface area contributed by atoms with E-state index in [9.17, 15) is 14.7 Å². The smallest absolute Gasteiger partial charge is 0.294 e. The number of hydrogen-bond acceptors (Lipinski definition) is 4. The topological polar surface area (TPSA) is 70.8 Å². The molecule has 0 fully saturated rings. The fourth-order valence-electron chi connectivity index (χ4n) is 3.00. The Kier molecular flexibility index (Phi) is 4.56. The van der Waals surface area contributed by atoms with Gasteiger partial charge < -0.3 is 9.52 Å². The second-order valence-corrected chi connectivity index (χ2v) is 8.26. The number of carbonyl (C=O) groups is 2. The molecule has 5 nitrogen and oxygen atoms in total. The third kappa shape index (κ3) is 3.09. The highest BCUT2D eigenvalue weighted by molar-refractivity contribution is 9.10. The first-order chi connectivity index (χ1) is 12.1. The number of aliphatic hydroxyl groups is 1. The van der Waals surface area contributed by atoms with Gasteiger partial charge >= 0.3 is 0 Å². The van der Waals surface area contributed by atoms with E-state index in [1.807, 2.05) is 6.07 Å². The second-order valence-electron chi connectivity index (χ2n) is 7.35. The zero-order valence-corrected chi connectivity index (χ0v) is 16.6. The minimum absolute atomic E-state index is 0.0665. The molecule has 1 aromatic heterocycles. The van der Waals surface area contributed by atoms with Crippen LogP contribution in [0, 0.1) is 12.3 Å². The molecule has 136 valence electrons. The first-order valence-electron chi connectivity index (χ1n) is 8.24. The van der Waals surface area contributed by atoms with Crippen LogP contribution < -0.4 is 4.90 Å². The molecule has 2 aromatic rings. The number of amides is 1. The normalized spacial score (nSPS) is 18.0.